The fraction of sp³-hybridized carbons (Fsp3) is 0.276. The predicted octanol–water partition coefficient (Wildman–Crippen LogP) is 5.85. The van der Waals surface area contributed by atoms with Gasteiger partial charge in [-0.05, 0) is 77.3 Å². The fourth-order valence-corrected chi connectivity index (χ4v) is 4.59. The number of benzene rings is 2. The Hall–Kier alpha value is -4.18. The summed E-state index contributed by atoms with van der Waals surface area (Å²) in [4.78, 5) is 15.4. The molecule has 9 nitrogen and oxygen atoms in total. The van der Waals surface area contributed by atoms with Crippen molar-refractivity contribution in [1.82, 2.24) is 4.90 Å². The number of thioether (sulfide) groups is 1. The van der Waals surface area contributed by atoms with E-state index in [0.717, 1.165) is 11.1 Å². The summed E-state index contributed by atoms with van der Waals surface area (Å²) in [5, 5.41) is 9.08. The van der Waals surface area contributed by atoms with E-state index in [1.807, 2.05) is 36.4 Å². The van der Waals surface area contributed by atoms with Crippen LogP contribution in [0.1, 0.15) is 30.7 Å². The highest BCUT2D eigenvalue weighted by molar-refractivity contribution is 8.18. The number of hydrogen-bond donors (Lipinski definition) is 0. The van der Waals surface area contributed by atoms with Crippen LogP contribution in [0, 0.1) is 5.92 Å². The minimum absolute atomic E-state index is 0.201. The molecular formula is C29H31N3O6S. The molecule has 2 aromatic carbocycles. The summed E-state index contributed by atoms with van der Waals surface area (Å²) in [6.07, 6.45) is 4.96. The highest BCUT2D eigenvalue weighted by atomic mass is 32.2. The van der Waals surface area contributed by atoms with Crippen LogP contribution in [0.4, 0.5) is 0 Å². The van der Waals surface area contributed by atoms with Crippen molar-refractivity contribution in [2.75, 3.05) is 27.9 Å². The first-order valence-electron chi connectivity index (χ1n) is 12.3. The van der Waals surface area contributed by atoms with Crippen LogP contribution in [-0.2, 0) is 11.3 Å². The molecule has 10 heteroatoms. The smallest absolute Gasteiger partial charge is 0.267 e. The average molecular weight is 550 g/mol. The Morgan fingerprint density at radius 3 is 2.33 bits per heavy atom. The highest BCUT2D eigenvalue weighted by Crippen LogP contribution is 2.36. The van der Waals surface area contributed by atoms with Gasteiger partial charge in [-0.15, -0.1) is 5.10 Å². The van der Waals surface area contributed by atoms with E-state index in [9.17, 15) is 4.79 Å². The van der Waals surface area contributed by atoms with Gasteiger partial charge in [0.2, 0.25) is 0 Å². The van der Waals surface area contributed by atoms with Gasteiger partial charge >= 0.3 is 0 Å². The molecule has 1 aliphatic heterocycles. The standard InChI is InChI=1S/C29H31N3O6S/c1-19(2)18-38-24-11-9-21(14-26(24)36-5)16-30-31-29-32(17-22-7-6-12-37-22)28(33)27(39-29)15-20-8-10-23(34-3)25(13-20)35-4/h6-16,19H,17-18H2,1-5H3/b27-15-,30-16-,31-29+. The first-order chi connectivity index (χ1) is 18.9. The number of ether oxygens (including phenoxy) is 4. The van der Waals surface area contributed by atoms with Crippen LogP contribution in [0.5, 0.6) is 23.0 Å². The summed E-state index contributed by atoms with van der Waals surface area (Å²) in [5.41, 5.74) is 1.57. The maximum absolute atomic E-state index is 13.4. The Balaban J connectivity index is 1.59. The van der Waals surface area contributed by atoms with E-state index in [0.29, 0.717) is 51.4 Å². The Kier molecular flexibility index (Phi) is 9.32. The lowest BCUT2D eigenvalue weighted by atomic mass is 10.2. The van der Waals surface area contributed by atoms with Crippen LogP contribution in [0.15, 0.2) is 74.3 Å². The van der Waals surface area contributed by atoms with E-state index in [4.69, 9.17) is 23.4 Å². The molecule has 0 spiro atoms. The van der Waals surface area contributed by atoms with Gasteiger partial charge in [-0.3, -0.25) is 9.69 Å². The van der Waals surface area contributed by atoms with Gasteiger partial charge in [0, 0.05) is 0 Å². The molecule has 1 saturated heterocycles. The van der Waals surface area contributed by atoms with Gasteiger partial charge in [0.1, 0.15) is 5.76 Å². The zero-order valence-corrected chi connectivity index (χ0v) is 23.4. The van der Waals surface area contributed by atoms with E-state index >= 15 is 0 Å². The van der Waals surface area contributed by atoms with Gasteiger partial charge in [0.25, 0.3) is 5.91 Å². The fourth-order valence-electron chi connectivity index (χ4n) is 3.66. The van der Waals surface area contributed by atoms with Crippen molar-refractivity contribution in [2.24, 2.45) is 16.1 Å². The zero-order chi connectivity index (χ0) is 27.8. The molecule has 0 N–H and O–H groups in total. The molecule has 3 aromatic rings. The summed E-state index contributed by atoms with van der Waals surface area (Å²) < 4.78 is 27.5. The molecule has 2 heterocycles. The van der Waals surface area contributed by atoms with Crippen molar-refractivity contribution < 1.29 is 28.2 Å². The lowest BCUT2D eigenvalue weighted by Gasteiger charge is -2.13. The summed E-state index contributed by atoms with van der Waals surface area (Å²) in [5.74, 6) is 3.29. The topological polar surface area (TPSA) is 95.1 Å². The summed E-state index contributed by atoms with van der Waals surface area (Å²) in [6.45, 7) is 4.99. The normalized spacial score (nSPS) is 15.6. The maximum atomic E-state index is 13.4. The van der Waals surface area contributed by atoms with Crippen LogP contribution in [0.25, 0.3) is 6.08 Å². The number of nitrogens with zero attached hydrogens (tertiary/aromatic N) is 3. The Bertz CT molecular complexity index is 1380. The SMILES string of the molecule is COc1ccc(/C=C2\S/C(=N/N=C\c3ccc(OCC(C)C)c(OC)c3)N(Cc3ccco3)C2=O)cc1OC. The molecule has 0 radical (unpaired) electrons. The second-order valence-electron chi connectivity index (χ2n) is 8.94. The Morgan fingerprint density at radius 1 is 0.949 bits per heavy atom. The summed E-state index contributed by atoms with van der Waals surface area (Å²) >= 11 is 1.24. The van der Waals surface area contributed by atoms with Gasteiger partial charge in [-0.1, -0.05) is 19.9 Å². The van der Waals surface area contributed by atoms with E-state index in [2.05, 4.69) is 24.1 Å². The van der Waals surface area contributed by atoms with Crippen molar-refractivity contribution >= 4 is 35.1 Å². The number of methoxy groups -OCH3 is 3. The number of hydrogen-bond acceptors (Lipinski definition) is 9. The zero-order valence-electron chi connectivity index (χ0n) is 22.5. The number of carbonyl (C=O) groups is 1. The Labute approximate surface area is 232 Å². The van der Waals surface area contributed by atoms with Gasteiger partial charge in [-0.2, -0.15) is 5.10 Å². The molecule has 0 bridgehead atoms. The number of amides is 1. The van der Waals surface area contributed by atoms with Crippen molar-refractivity contribution in [1.29, 1.82) is 0 Å². The van der Waals surface area contributed by atoms with Crippen LogP contribution >= 0.6 is 11.8 Å². The second kappa shape index (κ2) is 13.1. The number of furan rings is 1. The van der Waals surface area contributed by atoms with Gasteiger partial charge < -0.3 is 23.4 Å². The minimum Gasteiger partial charge on any atom is -0.493 e. The van der Waals surface area contributed by atoms with Crippen molar-refractivity contribution in [3.63, 3.8) is 0 Å². The molecule has 0 saturated carbocycles. The lowest BCUT2D eigenvalue weighted by molar-refractivity contribution is -0.122. The highest BCUT2D eigenvalue weighted by Gasteiger charge is 2.34. The molecule has 1 aliphatic rings. The van der Waals surface area contributed by atoms with Crippen molar-refractivity contribution in [2.45, 2.75) is 20.4 Å². The number of amidine groups is 1. The van der Waals surface area contributed by atoms with E-state index in [1.165, 1.54) is 16.7 Å². The molecule has 1 amide bonds. The first kappa shape index (κ1) is 27.8. The molecule has 0 aliphatic carbocycles. The predicted molar refractivity (Wildman–Crippen MR) is 153 cm³/mol. The summed E-state index contributed by atoms with van der Waals surface area (Å²) in [6, 6.07) is 14.6. The van der Waals surface area contributed by atoms with E-state index < -0.39 is 0 Å². The van der Waals surface area contributed by atoms with Crippen molar-refractivity contribution in [3.05, 3.63) is 76.6 Å². The third-order valence-electron chi connectivity index (χ3n) is 5.60. The van der Waals surface area contributed by atoms with Gasteiger partial charge in [0.05, 0.1) is 51.9 Å². The van der Waals surface area contributed by atoms with E-state index in [1.54, 1.807) is 52.0 Å². The first-order valence-corrected chi connectivity index (χ1v) is 13.1. The summed E-state index contributed by atoms with van der Waals surface area (Å²) in [7, 11) is 4.74. The molecular weight excluding hydrogens is 518 g/mol. The van der Waals surface area contributed by atoms with Crippen LogP contribution in [-0.4, -0.2) is 50.1 Å². The van der Waals surface area contributed by atoms with Crippen LogP contribution < -0.4 is 18.9 Å². The molecule has 0 unspecified atom stereocenters. The molecule has 4 rings (SSSR count). The lowest BCUT2D eigenvalue weighted by Crippen LogP contribution is -2.28. The Morgan fingerprint density at radius 2 is 1.64 bits per heavy atom. The molecule has 204 valence electrons. The maximum Gasteiger partial charge on any atom is 0.267 e. The quantitative estimate of drug-likeness (QED) is 0.168. The van der Waals surface area contributed by atoms with Gasteiger partial charge in [0.15, 0.2) is 28.2 Å². The third kappa shape index (κ3) is 7.02. The molecule has 1 aromatic heterocycles. The van der Waals surface area contributed by atoms with Crippen LogP contribution in [0.3, 0.4) is 0 Å². The average Bonchev–Trinajstić information content (AvgIpc) is 3.56. The van der Waals surface area contributed by atoms with E-state index in [-0.39, 0.29) is 12.5 Å². The monoisotopic (exact) mass is 549 g/mol. The largest absolute Gasteiger partial charge is 0.493 e. The van der Waals surface area contributed by atoms with Crippen molar-refractivity contribution in [3.8, 4) is 23.0 Å². The second-order valence-corrected chi connectivity index (χ2v) is 9.95. The molecule has 1 fully saturated rings. The third-order valence-corrected chi connectivity index (χ3v) is 6.59. The van der Waals surface area contributed by atoms with Crippen LogP contribution in [0.2, 0.25) is 0 Å². The minimum atomic E-state index is -0.201. The molecule has 0 atom stereocenters. The number of rotatable bonds is 11. The van der Waals surface area contributed by atoms with Gasteiger partial charge in [-0.25, -0.2) is 0 Å². The molecule has 39 heavy (non-hydrogen) atoms. The number of carbonyl (C=O) groups excluding carboxylic acids is 1.